The van der Waals surface area contributed by atoms with E-state index in [9.17, 15) is 23.9 Å². The van der Waals surface area contributed by atoms with Crippen LogP contribution in [0.25, 0.3) is 16.2 Å². The van der Waals surface area contributed by atoms with Crippen LogP contribution in [-0.2, 0) is 9.53 Å². The van der Waals surface area contributed by atoms with E-state index in [1.165, 1.54) is 4.57 Å². The quantitative estimate of drug-likeness (QED) is 0.442. The van der Waals surface area contributed by atoms with Gasteiger partial charge in [0.15, 0.2) is 17.3 Å². The summed E-state index contributed by atoms with van der Waals surface area (Å²) < 4.78 is 25.2. The van der Waals surface area contributed by atoms with Gasteiger partial charge in [0.25, 0.3) is 0 Å². The van der Waals surface area contributed by atoms with Crippen molar-refractivity contribution in [2.75, 3.05) is 37.7 Å². The molecule has 0 atom stereocenters. The standard InChI is InChI=1S/C19H18ClFN6O5S/c1-2-32-4-3-22-16(29)9-6-26(7-9)15-12(21)5-10-13(28)11(17(30)31)8-27(14(10)23-15)19-24-18(20)25-33-19/h5,8-9H,2-4,6-7H2,1H3,(H,22,29)(H,30,31). The summed E-state index contributed by atoms with van der Waals surface area (Å²) >= 11 is 6.66. The fraction of sp³-hybridized carbons (Fsp3) is 0.368. The molecule has 0 aromatic carbocycles. The Labute approximate surface area is 194 Å². The molecule has 174 valence electrons. The van der Waals surface area contributed by atoms with E-state index < -0.39 is 22.8 Å². The molecular weight excluding hydrogens is 479 g/mol. The number of amides is 1. The summed E-state index contributed by atoms with van der Waals surface area (Å²) in [5, 5.41) is 12.0. The van der Waals surface area contributed by atoms with Crippen molar-refractivity contribution in [2.24, 2.45) is 5.92 Å². The lowest BCUT2D eigenvalue weighted by Crippen LogP contribution is -2.54. The van der Waals surface area contributed by atoms with Crippen LogP contribution in [0.5, 0.6) is 0 Å². The number of rotatable bonds is 8. The van der Waals surface area contributed by atoms with E-state index in [2.05, 4.69) is 19.7 Å². The van der Waals surface area contributed by atoms with Gasteiger partial charge >= 0.3 is 5.97 Å². The lowest BCUT2D eigenvalue weighted by molar-refractivity contribution is -0.125. The Bertz CT molecular complexity index is 1290. The van der Waals surface area contributed by atoms with Gasteiger partial charge in [-0.15, -0.1) is 0 Å². The number of carbonyl (C=O) groups excluding carboxylic acids is 1. The zero-order valence-electron chi connectivity index (χ0n) is 17.2. The van der Waals surface area contributed by atoms with Crippen molar-refractivity contribution in [1.29, 1.82) is 0 Å². The van der Waals surface area contributed by atoms with E-state index in [-0.39, 0.29) is 52.2 Å². The number of carboxylic acid groups (broad SMARTS) is 1. The predicted molar refractivity (Wildman–Crippen MR) is 118 cm³/mol. The van der Waals surface area contributed by atoms with Crippen LogP contribution < -0.4 is 15.6 Å². The van der Waals surface area contributed by atoms with Gasteiger partial charge < -0.3 is 20.1 Å². The van der Waals surface area contributed by atoms with E-state index in [4.69, 9.17) is 16.3 Å². The first-order chi connectivity index (χ1) is 15.8. The van der Waals surface area contributed by atoms with E-state index in [1.54, 1.807) is 4.90 Å². The summed E-state index contributed by atoms with van der Waals surface area (Å²) in [7, 11) is 0. The third kappa shape index (κ3) is 4.51. The van der Waals surface area contributed by atoms with Gasteiger partial charge in [-0.3, -0.25) is 14.2 Å². The Morgan fingerprint density at radius 2 is 2.15 bits per heavy atom. The van der Waals surface area contributed by atoms with Crippen LogP contribution in [0.1, 0.15) is 17.3 Å². The maximum Gasteiger partial charge on any atom is 0.341 e. The van der Waals surface area contributed by atoms with Crippen molar-refractivity contribution in [2.45, 2.75) is 6.92 Å². The van der Waals surface area contributed by atoms with Gasteiger partial charge in [-0.2, -0.15) is 9.36 Å². The number of hydrogen-bond acceptors (Lipinski definition) is 9. The molecule has 0 radical (unpaired) electrons. The zero-order valence-corrected chi connectivity index (χ0v) is 18.8. The molecule has 0 aliphatic carbocycles. The normalized spacial score (nSPS) is 13.8. The summed E-state index contributed by atoms with van der Waals surface area (Å²) in [5.41, 5.74) is -1.45. The van der Waals surface area contributed by atoms with E-state index >= 15 is 0 Å². The number of carboxylic acids is 1. The SMILES string of the molecule is CCOCCNC(=O)C1CN(c2nc3c(cc2F)c(=O)c(C(=O)O)cn3-c2nc(Cl)ns2)C1. The summed E-state index contributed by atoms with van der Waals surface area (Å²) in [6.07, 6.45) is 1.06. The number of hydrogen-bond donors (Lipinski definition) is 2. The molecule has 4 heterocycles. The summed E-state index contributed by atoms with van der Waals surface area (Å²) in [6, 6.07) is 0.946. The second-order valence-corrected chi connectivity index (χ2v) is 8.22. The van der Waals surface area contributed by atoms with Gasteiger partial charge in [-0.1, -0.05) is 0 Å². The highest BCUT2D eigenvalue weighted by Crippen LogP contribution is 2.29. The lowest BCUT2D eigenvalue weighted by atomic mass is 9.99. The summed E-state index contributed by atoms with van der Waals surface area (Å²) in [4.78, 5) is 46.2. The third-order valence-electron chi connectivity index (χ3n) is 5.04. The number of fused-ring (bicyclic) bond motifs is 1. The average Bonchev–Trinajstić information content (AvgIpc) is 3.17. The van der Waals surface area contributed by atoms with Crippen molar-refractivity contribution in [3.63, 3.8) is 0 Å². The predicted octanol–water partition coefficient (Wildman–Crippen LogP) is 1.32. The van der Waals surface area contributed by atoms with Crippen molar-refractivity contribution < 1.29 is 23.8 Å². The molecule has 33 heavy (non-hydrogen) atoms. The van der Waals surface area contributed by atoms with Crippen molar-refractivity contribution in [3.8, 4) is 5.13 Å². The average molecular weight is 497 g/mol. The molecule has 1 amide bonds. The molecule has 1 saturated heterocycles. The number of nitrogens with zero attached hydrogens (tertiary/aromatic N) is 5. The Balaban J connectivity index is 1.66. The molecule has 2 N–H and O–H groups in total. The van der Waals surface area contributed by atoms with E-state index in [0.717, 1.165) is 23.8 Å². The third-order valence-corrected chi connectivity index (χ3v) is 6.03. The second kappa shape index (κ2) is 9.37. The van der Waals surface area contributed by atoms with Gasteiger partial charge in [-0.25, -0.2) is 14.2 Å². The van der Waals surface area contributed by atoms with Gasteiger partial charge in [0.05, 0.1) is 17.9 Å². The van der Waals surface area contributed by atoms with Crippen LogP contribution in [-0.4, -0.2) is 68.7 Å². The second-order valence-electron chi connectivity index (χ2n) is 7.15. The topological polar surface area (TPSA) is 140 Å². The minimum Gasteiger partial charge on any atom is -0.477 e. The molecule has 14 heteroatoms. The molecule has 0 saturated carbocycles. The van der Waals surface area contributed by atoms with Gasteiger partial charge in [0, 0.05) is 44.0 Å². The van der Waals surface area contributed by atoms with Crippen molar-refractivity contribution >= 4 is 51.9 Å². The molecular formula is C19H18ClFN6O5S. The zero-order chi connectivity index (χ0) is 23.7. The van der Waals surface area contributed by atoms with Crippen LogP contribution >= 0.6 is 23.1 Å². The number of carbonyl (C=O) groups is 2. The maximum absolute atomic E-state index is 14.9. The summed E-state index contributed by atoms with van der Waals surface area (Å²) in [6.45, 7) is 3.68. The van der Waals surface area contributed by atoms with Crippen LogP contribution in [0.15, 0.2) is 17.1 Å². The van der Waals surface area contributed by atoms with Gasteiger partial charge in [0.2, 0.25) is 21.8 Å². The number of nitrogens with one attached hydrogen (secondary N) is 1. The Morgan fingerprint density at radius 3 is 2.79 bits per heavy atom. The molecule has 0 bridgehead atoms. The molecule has 3 aromatic rings. The van der Waals surface area contributed by atoms with Crippen molar-refractivity contribution in [1.82, 2.24) is 24.2 Å². The number of aromatic nitrogens is 4. The van der Waals surface area contributed by atoms with Gasteiger partial charge in [-0.05, 0) is 24.6 Å². The number of ether oxygens (including phenoxy) is 1. The monoisotopic (exact) mass is 496 g/mol. The molecule has 1 fully saturated rings. The fourth-order valence-corrected chi connectivity index (χ4v) is 4.17. The number of pyridine rings is 2. The minimum absolute atomic E-state index is 0.00108. The smallest absolute Gasteiger partial charge is 0.341 e. The molecule has 1 aliphatic heterocycles. The molecule has 0 unspecified atom stereocenters. The Morgan fingerprint density at radius 1 is 1.39 bits per heavy atom. The van der Waals surface area contributed by atoms with Crippen LogP contribution in [0.3, 0.4) is 0 Å². The molecule has 3 aromatic heterocycles. The summed E-state index contributed by atoms with van der Waals surface area (Å²) in [5.74, 6) is -2.86. The molecule has 11 nitrogen and oxygen atoms in total. The maximum atomic E-state index is 14.9. The first-order valence-corrected chi connectivity index (χ1v) is 11.0. The van der Waals surface area contributed by atoms with Crippen LogP contribution in [0, 0.1) is 11.7 Å². The molecule has 4 rings (SSSR count). The largest absolute Gasteiger partial charge is 0.477 e. The number of aromatic carboxylic acids is 1. The highest BCUT2D eigenvalue weighted by Gasteiger charge is 2.35. The van der Waals surface area contributed by atoms with E-state index in [0.29, 0.717) is 19.8 Å². The van der Waals surface area contributed by atoms with E-state index in [1.807, 2.05) is 6.92 Å². The highest BCUT2D eigenvalue weighted by atomic mass is 35.5. The highest BCUT2D eigenvalue weighted by molar-refractivity contribution is 7.08. The fourth-order valence-electron chi connectivity index (χ4n) is 3.38. The van der Waals surface area contributed by atoms with Gasteiger partial charge in [0.1, 0.15) is 5.56 Å². The Kier molecular flexibility index (Phi) is 6.54. The first kappa shape index (κ1) is 23.0. The lowest BCUT2D eigenvalue weighted by Gasteiger charge is -2.39. The first-order valence-electron chi connectivity index (χ1n) is 9.89. The minimum atomic E-state index is -1.48. The molecule has 0 spiro atoms. The van der Waals surface area contributed by atoms with Crippen LogP contribution in [0.4, 0.5) is 10.2 Å². The number of anilines is 1. The number of halogens is 2. The van der Waals surface area contributed by atoms with Crippen molar-refractivity contribution in [3.05, 3.63) is 39.2 Å². The Hall–Kier alpha value is -3.16. The molecule has 1 aliphatic rings. The van der Waals surface area contributed by atoms with Crippen LogP contribution in [0.2, 0.25) is 5.28 Å².